The summed E-state index contributed by atoms with van der Waals surface area (Å²) in [6.45, 7) is 0.614. The zero-order valence-electron chi connectivity index (χ0n) is 12.0. The van der Waals surface area contributed by atoms with Crippen LogP contribution in [0, 0.1) is 0 Å². The molecule has 0 aliphatic heterocycles. The van der Waals surface area contributed by atoms with Crippen molar-refractivity contribution in [1.82, 2.24) is 10.3 Å². The predicted octanol–water partition coefficient (Wildman–Crippen LogP) is 2.55. The number of rotatable bonds is 5. The molecule has 1 aromatic heterocycles. The topological polar surface area (TPSA) is 51.2 Å². The van der Waals surface area contributed by atoms with Crippen LogP contribution in [0.25, 0.3) is 0 Å². The summed E-state index contributed by atoms with van der Waals surface area (Å²) >= 11 is 0. The van der Waals surface area contributed by atoms with E-state index in [9.17, 15) is 4.79 Å². The Labute approximate surface area is 124 Å². The van der Waals surface area contributed by atoms with Gasteiger partial charge in [-0.25, -0.2) is 0 Å². The van der Waals surface area contributed by atoms with Gasteiger partial charge in [-0.05, 0) is 31.0 Å². The molecule has 1 aromatic carbocycles. The number of methoxy groups -OCH3 is 1. The van der Waals surface area contributed by atoms with Crippen molar-refractivity contribution in [2.45, 2.75) is 18.3 Å². The largest absolute Gasteiger partial charge is 0.496 e. The van der Waals surface area contributed by atoms with Gasteiger partial charge < -0.3 is 10.1 Å². The molecule has 1 amide bonds. The Morgan fingerprint density at radius 2 is 2.00 bits per heavy atom. The lowest BCUT2D eigenvalue weighted by Gasteiger charge is -2.19. The summed E-state index contributed by atoms with van der Waals surface area (Å²) in [6.07, 6.45) is 3.76. The average molecular weight is 282 g/mol. The molecule has 3 rings (SSSR count). The van der Waals surface area contributed by atoms with Gasteiger partial charge in [-0.1, -0.05) is 24.3 Å². The van der Waals surface area contributed by atoms with Crippen LogP contribution in [0.2, 0.25) is 0 Å². The number of carbonyl (C=O) groups is 1. The van der Waals surface area contributed by atoms with Gasteiger partial charge in [0.05, 0.1) is 7.11 Å². The van der Waals surface area contributed by atoms with Crippen molar-refractivity contribution < 1.29 is 9.53 Å². The number of nitrogens with one attached hydrogen (secondary N) is 1. The minimum absolute atomic E-state index is 0.0110. The van der Waals surface area contributed by atoms with Gasteiger partial charge in [0, 0.05) is 23.7 Å². The summed E-state index contributed by atoms with van der Waals surface area (Å²) in [5, 5.41) is 2.99. The zero-order valence-corrected chi connectivity index (χ0v) is 12.0. The first-order valence-electron chi connectivity index (χ1n) is 7.08. The smallest absolute Gasteiger partial charge is 0.269 e. The molecule has 1 saturated carbocycles. The molecule has 1 aliphatic carbocycles. The molecule has 0 radical (unpaired) electrons. The fraction of sp³-hybridized carbons (Fsp3) is 0.294. The molecule has 4 nitrogen and oxygen atoms in total. The molecule has 1 heterocycles. The average Bonchev–Trinajstić information content (AvgIpc) is 3.34. The van der Waals surface area contributed by atoms with Crippen molar-refractivity contribution in [2.75, 3.05) is 13.7 Å². The highest BCUT2D eigenvalue weighted by atomic mass is 16.5. The number of hydrogen-bond acceptors (Lipinski definition) is 3. The summed E-state index contributed by atoms with van der Waals surface area (Å²) in [7, 11) is 1.68. The number of aromatic nitrogens is 1. The first kappa shape index (κ1) is 13.6. The maximum Gasteiger partial charge on any atom is 0.269 e. The number of nitrogens with zero attached hydrogens (tertiary/aromatic N) is 1. The highest BCUT2D eigenvalue weighted by molar-refractivity contribution is 5.92. The van der Waals surface area contributed by atoms with Crippen molar-refractivity contribution in [2.24, 2.45) is 0 Å². The molecule has 108 valence electrons. The van der Waals surface area contributed by atoms with Gasteiger partial charge in [0.1, 0.15) is 11.4 Å². The number of para-hydroxylation sites is 1. The fourth-order valence-electron chi connectivity index (χ4n) is 2.61. The molecule has 2 aromatic rings. The Bertz CT molecular complexity index is 636. The highest BCUT2D eigenvalue weighted by Crippen LogP contribution is 2.50. The van der Waals surface area contributed by atoms with Gasteiger partial charge >= 0.3 is 0 Å². The lowest BCUT2D eigenvalue weighted by atomic mass is 9.95. The van der Waals surface area contributed by atoms with Crippen LogP contribution >= 0.6 is 0 Å². The normalized spacial score (nSPS) is 15.3. The predicted molar refractivity (Wildman–Crippen MR) is 80.5 cm³/mol. The van der Waals surface area contributed by atoms with Crippen molar-refractivity contribution in [3.8, 4) is 5.75 Å². The Morgan fingerprint density at radius 3 is 2.67 bits per heavy atom. The molecule has 4 heteroatoms. The number of hydrogen-bond donors (Lipinski definition) is 1. The van der Waals surface area contributed by atoms with E-state index in [2.05, 4.69) is 16.4 Å². The SMILES string of the molecule is COc1ccccc1C1(CNC(=O)c2ccccn2)CC1. The summed E-state index contributed by atoms with van der Waals surface area (Å²) in [4.78, 5) is 16.2. The minimum Gasteiger partial charge on any atom is -0.496 e. The number of carbonyl (C=O) groups excluding carboxylic acids is 1. The lowest BCUT2D eigenvalue weighted by Crippen LogP contribution is -2.32. The second-order valence-electron chi connectivity index (χ2n) is 5.38. The van der Waals surface area contributed by atoms with Gasteiger partial charge in [0.15, 0.2) is 0 Å². The van der Waals surface area contributed by atoms with Crippen LogP contribution in [0.5, 0.6) is 5.75 Å². The molecule has 0 unspecified atom stereocenters. The van der Waals surface area contributed by atoms with Gasteiger partial charge in [-0.15, -0.1) is 0 Å². The third-order valence-corrected chi connectivity index (χ3v) is 4.02. The van der Waals surface area contributed by atoms with E-state index in [1.165, 1.54) is 5.56 Å². The van der Waals surface area contributed by atoms with Gasteiger partial charge in [0.25, 0.3) is 5.91 Å². The van der Waals surface area contributed by atoms with Crippen LogP contribution in [0.4, 0.5) is 0 Å². The standard InChI is InChI=1S/C17H18N2O2/c1-21-15-8-3-2-6-13(15)17(9-10-17)12-19-16(20)14-7-4-5-11-18-14/h2-8,11H,9-10,12H2,1H3,(H,19,20). The molecule has 1 fully saturated rings. The number of ether oxygens (including phenoxy) is 1. The third-order valence-electron chi connectivity index (χ3n) is 4.02. The van der Waals surface area contributed by atoms with E-state index < -0.39 is 0 Å². The van der Waals surface area contributed by atoms with E-state index >= 15 is 0 Å². The molecule has 0 bridgehead atoms. The molecule has 0 saturated heterocycles. The van der Waals surface area contributed by atoms with E-state index in [4.69, 9.17) is 4.74 Å². The van der Waals surface area contributed by atoms with Gasteiger partial charge in [-0.2, -0.15) is 0 Å². The Kier molecular flexibility index (Phi) is 3.60. The van der Waals surface area contributed by atoms with E-state index in [0.29, 0.717) is 12.2 Å². The van der Waals surface area contributed by atoms with E-state index in [1.54, 1.807) is 25.4 Å². The Balaban J connectivity index is 1.72. The third kappa shape index (κ3) is 2.75. The molecule has 21 heavy (non-hydrogen) atoms. The summed E-state index contributed by atoms with van der Waals surface area (Å²) in [6, 6.07) is 13.4. The van der Waals surface area contributed by atoms with E-state index in [-0.39, 0.29) is 11.3 Å². The van der Waals surface area contributed by atoms with Crippen LogP contribution < -0.4 is 10.1 Å². The number of amides is 1. The molecule has 1 aliphatic rings. The Hall–Kier alpha value is -2.36. The summed E-state index contributed by atoms with van der Waals surface area (Å²) < 4.78 is 5.44. The van der Waals surface area contributed by atoms with Gasteiger partial charge in [-0.3, -0.25) is 9.78 Å². The Morgan fingerprint density at radius 1 is 1.24 bits per heavy atom. The molecule has 1 N–H and O–H groups in total. The van der Waals surface area contributed by atoms with Crippen LogP contribution in [0.3, 0.4) is 0 Å². The van der Waals surface area contributed by atoms with Crippen LogP contribution in [0.15, 0.2) is 48.7 Å². The summed E-state index contributed by atoms with van der Waals surface area (Å²) in [5.74, 6) is 0.763. The lowest BCUT2D eigenvalue weighted by molar-refractivity contribution is 0.0944. The fourth-order valence-corrected chi connectivity index (χ4v) is 2.61. The zero-order chi connectivity index (χ0) is 14.7. The molecule has 0 atom stereocenters. The first-order valence-corrected chi connectivity index (χ1v) is 7.08. The maximum absolute atomic E-state index is 12.1. The van der Waals surface area contributed by atoms with Crippen LogP contribution in [0.1, 0.15) is 28.9 Å². The summed E-state index contributed by atoms with van der Waals surface area (Å²) in [5.41, 5.74) is 1.64. The number of benzene rings is 1. The van der Waals surface area contributed by atoms with Crippen molar-refractivity contribution >= 4 is 5.91 Å². The van der Waals surface area contributed by atoms with Crippen molar-refractivity contribution in [3.63, 3.8) is 0 Å². The molecule has 0 spiro atoms. The quantitative estimate of drug-likeness (QED) is 0.917. The highest BCUT2D eigenvalue weighted by Gasteiger charge is 2.46. The molecular formula is C17H18N2O2. The van der Waals surface area contributed by atoms with E-state index in [1.807, 2.05) is 24.3 Å². The van der Waals surface area contributed by atoms with Crippen LogP contribution in [-0.4, -0.2) is 24.5 Å². The maximum atomic E-state index is 12.1. The second kappa shape index (κ2) is 5.56. The van der Waals surface area contributed by atoms with Crippen molar-refractivity contribution in [3.05, 3.63) is 59.9 Å². The monoisotopic (exact) mass is 282 g/mol. The second-order valence-corrected chi connectivity index (χ2v) is 5.38. The van der Waals surface area contributed by atoms with E-state index in [0.717, 1.165) is 18.6 Å². The van der Waals surface area contributed by atoms with Crippen LogP contribution in [-0.2, 0) is 5.41 Å². The first-order chi connectivity index (χ1) is 10.2. The van der Waals surface area contributed by atoms with Gasteiger partial charge in [0.2, 0.25) is 0 Å². The number of pyridine rings is 1. The minimum atomic E-state index is -0.128. The van der Waals surface area contributed by atoms with Crippen molar-refractivity contribution in [1.29, 1.82) is 0 Å². The molecular weight excluding hydrogens is 264 g/mol.